The molecule has 0 saturated heterocycles. The molecule has 1 aromatic rings. The van der Waals surface area contributed by atoms with Gasteiger partial charge in [0.2, 0.25) is 0 Å². The Kier molecular flexibility index (Phi) is 4.26. The summed E-state index contributed by atoms with van der Waals surface area (Å²) in [7, 11) is 1.59. The predicted octanol–water partition coefficient (Wildman–Crippen LogP) is 3.41. The van der Waals surface area contributed by atoms with Crippen LogP contribution >= 0.6 is 11.6 Å². The molecule has 0 radical (unpaired) electrons. The van der Waals surface area contributed by atoms with Crippen LogP contribution in [-0.4, -0.2) is 25.4 Å². The molecule has 1 aliphatic carbocycles. The number of methoxy groups -OCH3 is 1. The topological polar surface area (TPSA) is 38.7 Å². The number of benzene rings is 1. The van der Waals surface area contributed by atoms with Crippen molar-refractivity contribution >= 4 is 11.6 Å². The van der Waals surface area contributed by atoms with Gasteiger partial charge in [0.25, 0.3) is 0 Å². The molecule has 0 amide bonds. The maximum atomic E-state index is 9.47. The molecule has 19 heavy (non-hydrogen) atoms. The van der Waals surface area contributed by atoms with E-state index in [4.69, 9.17) is 21.1 Å². The van der Waals surface area contributed by atoms with Crippen LogP contribution in [0.3, 0.4) is 0 Å². The number of halogens is 1. The van der Waals surface area contributed by atoms with Crippen LogP contribution in [0.25, 0.3) is 0 Å². The highest BCUT2D eigenvalue weighted by molar-refractivity contribution is 6.32. The van der Waals surface area contributed by atoms with E-state index in [1.807, 2.05) is 26.0 Å². The van der Waals surface area contributed by atoms with Gasteiger partial charge in [0.15, 0.2) is 11.5 Å². The van der Waals surface area contributed by atoms with E-state index in [1.165, 1.54) is 12.8 Å². The van der Waals surface area contributed by atoms with E-state index in [1.54, 1.807) is 7.11 Å². The molecule has 0 aromatic heterocycles. The largest absolute Gasteiger partial charge is 0.491 e. The van der Waals surface area contributed by atoms with Crippen LogP contribution in [0.1, 0.15) is 32.3 Å². The molecule has 0 heterocycles. The first kappa shape index (κ1) is 14.5. The lowest BCUT2D eigenvalue weighted by Gasteiger charge is -2.24. The molecular weight excluding hydrogens is 264 g/mol. The van der Waals surface area contributed by atoms with Crippen LogP contribution in [0.2, 0.25) is 5.02 Å². The Morgan fingerprint density at radius 1 is 1.37 bits per heavy atom. The van der Waals surface area contributed by atoms with E-state index in [-0.39, 0.29) is 12.0 Å². The van der Waals surface area contributed by atoms with E-state index in [2.05, 4.69) is 0 Å². The Labute approximate surface area is 119 Å². The SMILES string of the molecule is COc1c(Cl)cc(C(C)(C)CO)cc1OCC1CC1. The van der Waals surface area contributed by atoms with Crippen molar-refractivity contribution in [1.29, 1.82) is 0 Å². The van der Waals surface area contributed by atoms with Crippen molar-refractivity contribution < 1.29 is 14.6 Å². The van der Waals surface area contributed by atoms with Gasteiger partial charge in [-0.15, -0.1) is 0 Å². The average molecular weight is 285 g/mol. The summed E-state index contributed by atoms with van der Waals surface area (Å²) in [6.07, 6.45) is 2.47. The summed E-state index contributed by atoms with van der Waals surface area (Å²) in [5, 5.41) is 9.99. The Hall–Kier alpha value is -0.930. The normalized spacial score (nSPS) is 15.4. The first-order chi connectivity index (χ1) is 8.97. The lowest BCUT2D eigenvalue weighted by Crippen LogP contribution is -2.22. The van der Waals surface area contributed by atoms with Crippen molar-refractivity contribution in [3.05, 3.63) is 22.7 Å². The zero-order valence-corrected chi connectivity index (χ0v) is 12.5. The summed E-state index contributed by atoms with van der Waals surface area (Å²) in [5.41, 5.74) is 0.597. The average Bonchev–Trinajstić information content (AvgIpc) is 3.19. The predicted molar refractivity (Wildman–Crippen MR) is 76.3 cm³/mol. The van der Waals surface area contributed by atoms with Crippen LogP contribution < -0.4 is 9.47 Å². The maximum absolute atomic E-state index is 9.47. The second-order valence-electron chi connectivity index (χ2n) is 5.79. The lowest BCUT2D eigenvalue weighted by atomic mass is 9.85. The van der Waals surface area contributed by atoms with Gasteiger partial charge >= 0.3 is 0 Å². The fourth-order valence-corrected chi connectivity index (χ4v) is 2.14. The summed E-state index contributed by atoms with van der Waals surface area (Å²) in [4.78, 5) is 0. The van der Waals surface area contributed by atoms with Crippen molar-refractivity contribution in [2.45, 2.75) is 32.1 Å². The number of hydrogen-bond donors (Lipinski definition) is 1. The summed E-state index contributed by atoms with van der Waals surface area (Å²) in [6, 6.07) is 3.75. The molecule has 1 aromatic carbocycles. The Bertz CT molecular complexity index is 453. The highest BCUT2D eigenvalue weighted by atomic mass is 35.5. The summed E-state index contributed by atoms with van der Waals surface area (Å²) in [6.45, 7) is 4.69. The highest BCUT2D eigenvalue weighted by Crippen LogP contribution is 2.40. The molecule has 1 aliphatic rings. The first-order valence-corrected chi connectivity index (χ1v) is 6.97. The standard InChI is InChI=1S/C15H21ClO3/c1-15(2,9-17)11-6-12(16)14(18-3)13(7-11)19-8-10-4-5-10/h6-7,10,17H,4-5,8-9H2,1-3H3. The number of aliphatic hydroxyl groups excluding tert-OH is 1. The van der Waals surface area contributed by atoms with Crippen molar-refractivity contribution in [2.24, 2.45) is 5.92 Å². The lowest BCUT2D eigenvalue weighted by molar-refractivity contribution is 0.217. The van der Waals surface area contributed by atoms with Gasteiger partial charge in [-0.05, 0) is 36.5 Å². The van der Waals surface area contributed by atoms with Gasteiger partial charge in [-0.25, -0.2) is 0 Å². The number of hydrogen-bond acceptors (Lipinski definition) is 3. The third kappa shape index (κ3) is 3.34. The summed E-state index contributed by atoms with van der Waals surface area (Å²) in [5.74, 6) is 1.90. The first-order valence-electron chi connectivity index (χ1n) is 6.59. The monoisotopic (exact) mass is 284 g/mol. The highest BCUT2D eigenvalue weighted by Gasteiger charge is 2.26. The van der Waals surface area contributed by atoms with Gasteiger partial charge in [-0.2, -0.15) is 0 Å². The van der Waals surface area contributed by atoms with E-state index in [0.717, 1.165) is 5.56 Å². The molecule has 1 saturated carbocycles. The van der Waals surface area contributed by atoms with Gasteiger partial charge in [0, 0.05) is 5.41 Å². The molecule has 3 nitrogen and oxygen atoms in total. The van der Waals surface area contributed by atoms with Crippen LogP contribution in [0.5, 0.6) is 11.5 Å². The van der Waals surface area contributed by atoms with Gasteiger partial charge in [-0.3, -0.25) is 0 Å². The fraction of sp³-hybridized carbons (Fsp3) is 0.600. The Morgan fingerprint density at radius 2 is 2.05 bits per heavy atom. The molecule has 0 aliphatic heterocycles. The fourth-order valence-electron chi connectivity index (χ4n) is 1.85. The minimum absolute atomic E-state index is 0.0533. The number of rotatable bonds is 6. The smallest absolute Gasteiger partial charge is 0.179 e. The molecule has 106 valence electrons. The minimum Gasteiger partial charge on any atom is -0.491 e. The second kappa shape index (κ2) is 5.59. The quantitative estimate of drug-likeness (QED) is 0.870. The van der Waals surface area contributed by atoms with Gasteiger partial charge in [-0.1, -0.05) is 25.4 Å². The second-order valence-corrected chi connectivity index (χ2v) is 6.19. The third-order valence-corrected chi connectivity index (χ3v) is 3.84. The number of ether oxygens (including phenoxy) is 2. The van der Waals surface area contributed by atoms with E-state index < -0.39 is 0 Å². The summed E-state index contributed by atoms with van der Waals surface area (Å²) >= 11 is 6.24. The van der Waals surface area contributed by atoms with Crippen molar-refractivity contribution in [3.63, 3.8) is 0 Å². The van der Waals surface area contributed by atoms with Crippen LogP contribution in [0.15, 0.2) is 12.1 Å². The minimum atomic E-state index is -0.354. The van der Waals surface area contributed by atoms with Gasteiger partial charge < -0.3 is 14.6 Å². The van der Waals surface area contributed by atoms with Crippen molar-refractivity contribution in [3.8, 4) is 11.5 Å². The molecule has 0 atom stereocenters. The van der Waals surface area contributed by atoms with E-state index >= 15 is 0 Å². The Morgan fingerprint density at radius 3 is 2.58 bits per heavy atom. The Balaban J connectivity index is 2.31. The molecule has 1 N–H and O–H groups in total. The molecule has 0 spiro atoms. The molecule has 2 rings (SSSR count). The van der Waals surface area contributed by atoms with Crippen LogP contribution in [-0.2, 0) is 5.41 Å². The molecule has 1 fully saturated rings. The van der Waals surface area contributed by atoms with Crippen molar-refractivity contribution in [1.82, 2.24) is 0 Å². The molecular formula is C15H21ClO3. The maximum Gasteiger partial charge on any atom is 0.179 e. The zero-order chi connectivity index (χ0) is 14.0. The van der Waals surface area contributed by atoms with Crippen molar-refractivity contribution in [2.75, 3.05) is 20.3 Å². The zero-order valence-electron chi connectivity index (χ0n) is 11.7. The van der Waals surface area contributed by atoms with E-state index in [9.17, 15) is 5.11 Å². The van der Waals surface area contributed by atoms with E-state index in [0.29, 0.717) is 29.0 Å². The van der Waals surface area contributed by atoms with Gasteiger partial charge in [0.1, 0.15) is 0 Å². The van der Waals surface area contributed by atoms with Crippen LogP contribution in [0, 0.1) is 5.92 Å². The molecule has 0 unspecified atom stereocenters. The van der Waals surface area contributed by atoms with Crippen LogP contribution in [0.4, 0.5) is 0 Å². The summed E-state index contributed by atoms with van der Waals surface area (Å²) < 4.78 is 11.1. The third-order valence-electron chi connectivity index (χ3n) is 3.56. The van der Waals surface area contributed by atoms with Gasteiger partial charge in [0.05, 0.1) is 25.3 Å². The molecule has 4 heteroatoms. The number of aliphatic hydroxyl groups is 1. The molecule has 0 bridgehead atoms.